The largest absolute Gasteiger partial charge is 0.481 e. The van der Waals surface area contributed by atoms with E-state index >= 15 is 0 Å². The molecule has 2 heterocycles. The molecule has 106 valence electrons. The molecule has 3 rings (SSSR count). The summed E-state index contributed by atoms with van der Waals surface area (Å²) < 4.78 is 2.01. The Balaban J connectivity index is 1.54. The van der Waals surface area contributed by atoms with Gasteiger partial charge in [0.05, 0.1) is 11.6 Å². The fraction of sp³-hybridized carbons (Fsp3) is 0.467. The van der Waals surface area contributed by atoms with Gasteiger partial charge in [0.1, 0.15) is 5.65 Å². The lowest BCUT2D eigenvalue weighted by molar-refractivity contribution is -0.142. The fourth-order valence-corrected chi connectivity index (χ4v) is 2.87. The smallest absolute Gasteiger partial charge is 0.306 e. The van der Waals surface area contributed by atoms with E-state index in [1.165, 1.54) is 0 Å². The normalized spacial score (nSPS) is 23.0. The summed E-state index contributed by atoms with van der Waals surface area (Å²) in [6, 6.07) is 6.36. The summed E-state index contributed by atoms with van der Waals surface area (Å²) in [5.74, 6) is -0.799. The van der Waals surface area contributed by atoms with Crippen LogP contribution in [0.5, 0.6) is 0 Å². The molecule has 1 aliphatic rings. The van der Waals surface area contributed by atoms with E-state index < -0.39 is 5.97 Å². The monoisotopic (exact) mass is 273 g/mol. The van der Waals surface area contributed by atoms with Crippen LogP contribution in [0.2, 0.25) is 0 Å². The van der Waals surface area contributed by atoms with Crippen molar-refractivity contribution >= 4 is 11.6 Å². The predicted octanol–water partition coefficient (Wildman–Crippen LogP) is 2.07. The molecule has 0 bridgehead atoms. The number of fused-ring (bicyclic) bond motifs is 1. The summed E-state index contributed by atoms with van der Waals surface area (Å²) in [6.07, 6.45) is 7.44. The first-order valence-electron chi connectivity index (χ1n) is 7.11. The second-order valence-electron chi connectivity index (χ2n) is 5.47. The van der Waals surface area contributed by atoms with E-state index in [2.05, 4.69) is 10.3 Å². The predicted molar refractivity (Wildman–Crippen MR) is 75.4 cm³/mol. The van der Waals surface area contributed by atoms with Crippen LogP contribution in [-0.4, -0.2) is 26.5 Å². The molecule has 2 aromatic rings. The summed E-state index contributed by atoms with van der Waals surface area (Å²) in [5, 5.41) is 12.5. The van der Waals surface area contributed by atoms with Crippen molar-refractivity contribution in [2.75, 3.05) is 0 Å². The SMILES string of the molecule is O=C(O)C1CCC(NCc2cn3ccccc3n2)CC1. The third kappa shape index (κ3) is 2.82. The van der Waals surface area contributed by atoms with Gasteiger partial charge in [0.15, 0.2) is 0 Å². The van der Waals surface area contributed by atoms with Crippen LogP contribution in [0, 0.1) is 5.92 Å². The molecule has 0 amide bonds. The van der Waals surface area contributed by atoms with Crippen LogP contribution in [0.4, 0.5) is 0 Å². The number of carbonyl (C=O) groups is 1. The van der Waals surface area contributed by atoms with Gasteiger partial charge in [0.25, 0.3) is 0 Å². The van der Waals surface area contributed by atoms with Gasteiger partial charge in [0, 0.05) is 25.0 Å². The number of nitrogens with zero attached hydrogens (tertiary/aromatic N) is 2. The van der Waals surface area contributed by atoms with Gasteiger partial charge < -0.3 is 14.8 Å². The highest BCUT2D eigenvalue weighted by atomic mass is 16.4. The lowest BCUT2D eigenvalue weighted by atomic mass is 9.86. The van der Waals surface area contributed by atoms with E-state index in [9.17, 15) is 4.79 Å². The molecule has 0 aromatic carbocycles. The average molecular weight is 273 g/mol. The molecule has 0 atom stereocenters. The van der Waals surface area contributed by atoms with Crippen LogP contribution in [-0.2, 0) is 11.3 Å². The third-order valence-corrected chi connectivity index (χ3v) is 4.06. The molecule has 0 unspecified atom stereocenters. The second-order valence-corrected chi connectivity index (χ2v) is 5.47. The Morgan fingerprint density at radius 1 is 1.35 bits per heavy atom. The molecule has 5 nitrogen and oxygen atoms in total. The first kappa shape index (κ1) is 13.1. The van der Waals surface area contributed by atoms with Crippen LogP contribution >= 0.6 is 0 Å². The van der Waals surface area contributed by atoms with Gasteiger partial charge in [-0.3, -0.25) is 4.79 Å². The molecule has 1 saturated carbocycles. The van der Waals surface area contributed by atoms with Crippen LogP contribution in [0.3, 0.4) is 0 Å². The van der Waals surface area contributed by atoms with Gasteiger partial charge in [-0.05, 0) is 37.8 Å². The van der Waals surface area contributed by atoms with E-state index in [0.717, 1.165) is 43.6 Å². The van der Waals surface area contributed by atoms with Gasteiger partial charge in [-0.1, -0.05) is 6.07 Å². The lowest BCUT2D eigenvalue weighted by Gasteiger charge is -2.26. The average Bonchev–Trinajstić information content (AvgIpc) is 2.88. The molecule has 0 radical (unpaired) electrons. The molecule has 2 N–H and O–H groups in total. The number of rotatable bonds is 4. The molecule has 2 aromatic heterocycles. The van der Waals surface area contributed by atoms with Gasteiger partial charge in [-0.15, -0.1) is 0 Å². The zero-order valence-electron chi connectivity index (χ0n) is 11.3. The molecule has 5 heteroatoms. The van der Waals surface area contributed by atoms with Crippen molar-refractivity contribution in [2.45, 2.75) is 38.3 Å². The highest BCUT2D eigenvalue weighted by Crippen LogP contribution is 2.24. The van der Waals surface area contributed by atoms with E-state index in [1.807, 2.05) is 35.0 Å². The molecule has 0 spiro atoms. The quantitative estimate of drug-likeness (QED) is 0.895. The first-order chi connectivity index (χ1) is 9.72. The Labute approximate surface area is 117 Å². The molecular weight excluding hydrogens is 254 g/mol. The highest BCUT2D eigenvalue weighted by molar-refractivity contribution is 5.70. The first-order valence-corrected chi connectivity index (χ1v) is 7.11. The minimum absolute atomic E-state index is 0.150. The number of hydrogen-bond donors (Lipinski definition) is 2. The zero-order chi connectivity index (χ0) is 13.9. The number of carboxylic acids is 1. The van der Waals surface area contributed by atoms with Crippen LogP contribution in [0.1, 0.15) is 31.4 Å². The molecule has 20 heavy (non-hydrogen) atoms. The fourth-order valence-electron chi connectivity index (χ4n) is 2.87. The minimum atomic E-state index is -0.649. The van der Waals surface area contributed by atoms with Crippen LogP contribution in [0.15, 0.2) is 30.6 Å². The van der Waals surface area contributed by atoms with Gasteiger partial charge in [-0.25, -0.2) is 4.98 Å². The summed E-state index contributed by atoms with van der Waals surface area (Å²) in [6.45, 7) is 0.740. The summed E-state index contributed by atoms with van der Waals surface area (Å²) >= 11 is 0. The van der Waals surface area contributed by atoms with Gasteiger partial charge in [0.2, 0.25) is 0 Å². The van der Waals surface area contributed by atoms with Gasteiger partial charge in [-0.2, -0.15) is 0 Å². The van der Waals surface area contributed by atoms with Crippen molar-refractivity contribution in [1.82, 2.24) is 14.7 Å². The summed E-state index contributed by atoms with van der Waals surface area (Å²) in [7, 11) is 0. The third-order valence-electron chi connectivity index (χ3n) is 4.06. The molecule has 1 aliphatic carbocycles. The van der Waals surface area contributed by atoms with Crippen molar-refractivity contribution in [3.8, 4) is 0 Å². The van der Waals surface area contributed by atoms with E-state index in [4.69, 9.17) is 5.11 Å². The Kier molecular flexibility index (Phi) is 3.69. The van der Waals surface area contributed by atoms with Gasteiger partial charge >= 0.3 is 5.97 Å². The van der Waals surface area contributed by atoms with Crippen LogP contribution < -0.4 is 5.32 Å². The number of nitrogens with one attached hydrogen (secondary N) is 1. The summed E-state index contributed by atoms with van der Waals surface area (Å²) in [5.41, 5.74) is 1.98. The molecule has 0 aliphatic heterocycles. The Bertz CT molecular complexity index is 567. The minimum Gasteiger partial charge on any atom is -0.481 e. The van der Waals surface area contributed by atoms with E-state index in [0.29, 0.717) is 6.04 Å². The van der Waals surface area contributed by atoms with Crippen molar-refractivity contribution < 1.29 is 9.90 Å². The van der Waals surface area contributed by atoms with Crippen molar-refractivity contribution in [3.05, 3.63) is 36.3 Å². The van der Waals surface area contributed by atoms with Crippen LogP contribution in [0.25, 0.3) is 5.65 Å². The Morgan fingerprint density at radius 3 is 2.85 bits per heavy atom. The Morgan fingerprint density at radius 2 is 2.15 bits per heavy atom. The standard InChI is InChI=1S/C15H19N3O2/c19-15(20)11-4-6-12(7-5-11)16-9-13-10-18-8-2-1-3-14(18)17-13/h1-3,8,10-12,16H,4-7,9H2,(H,19,20). The van der Waals surface area contributed by atoms with E-state index in [1.54, 1.807) is 0 Å². The number of imidazole rings is 1. The maximum absolute atomic E-state index is 10.9. The molecular formula is C15H19N3O2. The van der Waals surface area contributed by atoms with Crippen molar-refractivity contribution in [2.24, 2.45) is 5.92 Å². The summed E-state index contributed by atoms with van der Waals surface area (Å²) in [4.78, 5) is 15.5. The maximum atomic E-state index is 10.9. The number of carboxylic acid groups (broad SMARTS) is 1. The number of aromatic nitrogens is 2. The zero-order valence-corrected chi connectivity index (χ0v) is 11.3. The molecule has 0 saturated heterocycles. The number of hydrogen-bond acceptors (Lipinski definition) is 3. The lowest BCUT2D eigenvalue weighted by Crippen LogP contribution is -2.34. The van der Waals surface area contributed by atoms with E-state index in [-0.39, 0.29) is 5.92 Å². The van der Waals surface area contributed by atoms with Crippen molar-refractivity contribution in [1.29, 1.82) is 0 Å². The second kappa shape index (κ2) is 5.63. The topological polar surface area (TPSA) is 66.6 Å². The molecule has 1 fully saturated rings. The number of aliphatic carboxylic acids is 1. The highest BCUT2D eigenvalue weighted by Gasteiger charge is 2.25. The number of pyridine rings is 1. The van der Waals surface area contributed by atoms with Crippen molar-refractivity contribution in [3.63, 3.8) is 0 Å². The Hall–Kier alpha value is -1.88. The maximum Gasteiger partial charge on any atom is 0.306 e.